The molecule has 3 rings (SSSR count). The molecular formula is C16H12BrNO4. The standard InChI is InChI=1S/C16H12BrNO4/c1-2-20-12-6-4-3-5-10(12)9-11-16(19)22-15(18-11)13-7-8-14(17)21-13/h3-9H,2H2,1H3. The highest BCUT2D eigenvalue weighted by Gasteiger charge is 2.26. The maximum Gasteiger partial charge on any atom is 0.363 e. The number of rotatable bonds is 4. The number of hydrogen-bond donors (Lipinski definition) is 0. The van der Waals surface area contributed by atoms with Crippen LogP contribution in [0, 0.1) is 0 Å². The van der Waals surface area contributed by atoms with Gasteiger partial charge in [0.05, 0.1) is 6.61 Å². The minimum atomic E-state index is -0.520. The van der Waals surface area contributed by atoms with Gasteiger partial charge in [-0.15, -0.1) is 0 Å². The molecule has 2 aromatic rings. The lowest BCUT2D eigenvalue weighted by Gasteiger charge is -2.06. The molecule has 0 fully saturated rings. The van der Waals surface area contributed by atoms with Crippen molar-refractivity contribution >= 4 is 33.9 Å². The molecule has 6 heteroatoms. The van der Waals surface area contributed by atoms with Crippen LogP contribution in [0.25, 0.3) is 6.08 Å². The number of aliphatic imine (C=N–C) groups is 1. The number of carbonyl (C=O) groups is 1. The predicted octanol–water partition coefficient (Wildman–Crippen LogP) is 3.79. The summed E-state index contributed by atoms with van der Waals surface area (Å²) in [5, 5.41) is 0. The lowest BCUT2D eigenvalue weighted by Crippen LogP contribution is -2.04. The highest BCUT2D eigenvalue weighted by molar-refractivity contribution is 9.10. The number of ether oxygens (including phenoxy) is 2. The Labute approximate surface area is 135 Å². The molecule has 5 nitrogen and oxygen atoms in total. The molecule has 1 aliphatic heterocycles. The van der Waals surface area contributed by atoms with E-state index in [4.69, 9.17) is 13.9 Å². The van der Waals surface area contributed by atoms with Crippen molar-refractivity contribution in [1.29, 1.82) is 0 Å². The smallest absolute Gasteiger partial charge is 0.363 e. The number of halogens is 1. The molecule has 0 aliphatic carbocycles. The third kappa shape index (κ3) is 2.96. The van der Waals surface area contributed by atoms with Crippen molar-refractivity contribution in [3.8, 4) is 5.75 Å². The van der Waals surface area contributed by atoms with E-state index < -0.39 is 5.97 Å². The number of furan rings is 1. The second-order valence-electron chi connectivity index (χ2n) is 4.41. The Hall–Kier alpha value is -2.34. The first-order chi connectivity index (χ1) is 10.7. The van der Waals surface area contributed by atoms with Crippen LogP contribution in [-0.2, 0) is 9.53 Å². The van der Waals surface area contributed by atoms with Gasteiger partial charge >= 0.3 is 5.97 Å². The van der Waals surface area contributed by atoms with Crippen molar-refractivity contribution in [3.05, 3.63) is 58.1 Å². The Morgan fingerprint density at radius 2 is 2.09 bits per heavy atom. The average molecular weight is 362 g/mol. The van der Waals surface area contributed by atoms with Crippen LogP contribution in [0.1, 0.15) is 18.2 Å². The van der Waals surface area contributed by atoms with Crippen LogP contribution in [0.5, 0.6) is 5.75 Å². The second-order valence-corrected chi connectivity index (χ2v) is 5.19. The molecule has 0 bridgehead atoms. The number of carbonyl (C=O) groups excluding carboxylic acids is 1. The summed E-state index contributed by atoms with van der Waals surface area (Å²) in [7, 11) is 0. The lowest BCUT2D eigenvalue weighted by atomic mass is 10.1. The molecule has 22 heavy (non-hydrogen) atoms. The van der Waals surface area contributed by atoms with Gasteiger partial charge in [-0.1, -0.05) is 18.2 Å². The molecular weight excluding hydrogens is 350 g/mol. The van der Waals surface area contributed by atoms with E-state index in [1.807, 2.05) is 31.2 Å². The molecule has 0 saturated heterocycles. The summed E-state index contributed by atoms with van der Waals surface area (Å²) in [6.07, 6.45) is 1.64. The SMILES string of the molecule is CCOc1ccccc1C=C1N=C(c2ccc(Br)o2)OC1=O. The molecule has 0 radical (unpaired) electrons. The van der Waals surface area contributed by atoms with Gasteiger partial charge in [-0.2, -0.15) is 0 Å². The maximum absolute atomic E-state index is 11.9. The summed E-state index contributed by atoms with van der Waals surface area (Å²) >= 11 is 3.20. The van der Waals surface area contributed by atoms with Gasteiger partial charge in [0.25, 0.3) is 5.90 Å². The fourth-order valence-electron chi connectivity index (χ4n) is 1.98. The van der Waals surface area contributed by atoms with Crippen molar-refractivity contribution in [2.75, 3.05) is 6.61 Å². The highest BCUT2D eigenvalue weighted by atomic mass is 79.9. The molecule has 0 spiro atoms. The first kappa shape index (κ1) is 14.6. The quantitative estimate of drug-likeness (QED) is 0.613. The first-order valence-corrected chi connectivity index (χ1v) is 7.47. The largest absolute Gasteiger partial charge is 0.493 e. The summed E-state index contributed by atoms with van der Waals surface area (Å²) in [5.41, 5.74) is 0.969. The van der Waals surface area contributed by atoms with Gasteiger partial charge in [0.1, 0.15) is 5.75 Å². The number of hydrogen-bond acceptors (Lipinski definition) is 5. The van der Waals surface area contributed by atoms with E-state index in [-0.39, 0.29) is 11.6 Å². The van der Waals surface area contributed by atoms with Crippen molar-refractivity contribution in [2.45, 2.75) is 6.92 Å². The molecule has 0 atom stereocenters. The molecule has 1 aromatic heterocycles. The number of benzene rings is 1. The average Bonchev–Trinajstić information content (AvgIpc) is 3.08. The number of para-hydroxylation sites is 1. The zero-order chi connectivity index (χ0) is 15.5. The second kappa shape index (κ2) is 6.19. The minimum Gasteiger partial charge on any atom is -0.493 e. The molecule has 2 heterocycles. The van der Waals surface area contributed by atoms with E-state index in [0.29, 0.717) is 22.8 Å². The van der Waals surface area contributed by atoms with E-state index in [9.17, 15) is 4.79 Å². The van der Waals surface area contributed by atoms with Gasteiger partial charge < -0.3 is 13.9 Å². The van der Waals surface area contributed by atoms with Gasteiger partial charge in [0, 0.05) is 5.56 Å². The molecule has 0 saturated carbocycles. The Kier molecular flexibility index (Phi) is 4.11. The number of nitrogens with zero attached hydrogens (tertiary/aromatic N) is 1. The molecule has 0 amide bonds. The van der Waals surface area contributed by atoms with E-state index in [1.165, 1.54) is 0 Å². The minimum absolute atomic E-state index is 0.149. The summed E-state index contributed by atoms with van der Waals surface area (Å²) in [4.78, 5) is 16.1. The number of cyclic esters (lactones) is 1. The predicted molar refractivity (Wildman–Crippen MR) is 84.6 cm³/mol. The molecule has 1 aromatic carbocycles. The van der Waals surface area contributed by atoms with Gasteiger partial charge in [-0.3, -0.25) is 0 Å². The van der Waals surface area contributed by atoms with Crippen LogP contribution in [0.3, 0.4) is 0 Å². The third-order valence-corrected chi connectivity index (χ3v) is 3.34. The van der Waals surface area contributed by atoms with Crippen LogP contribution in [-0.4, -0.2) is 18.5 Å². The van der Waals surface area contributed by atoms with Crippen molar-refractivity contribution in [1.82, 2.24) is 0 Å². The van der Waals surface area contributed by atoms with Crippen LogP contribution in [0.2, 0.25) is 0 Å². The summed E-state index contributed by atoms with van der Waals surface area (Å²) < 4.78 is 16.5. The van der Waals surface area contributed by atoms with E-state index in [2.05, 4.69) is 20.9 Å². The van der Waals surface area contributed by atoms with Gasteiger partial charge in [-0.25, -0.2) is 9.79 Å². The van der Waals surface area contributed by atoms with Crippen molar-refractivity contribution < 1.29 is 18.7 Å². The summed E-state index contributed by atoms with van der Waals surface area (Å²) in [6.45, 7) is 2.44. The maximum atomic E-state index is 11.9. The van der Waals surface area contributed by atoms with Crippen molar-refractivity contribution in [2.24, 2.45) is 4.99 Å². The topological polar surface area (TPSA) is 61.0 Å². The van der Waals surface area contributed by atoms with Crippen molar-refractivity contribution in [3.63, 3.8) is 0 Å². The van der Waals surface area contributed by atoms with Gasteiger partial charge in [-0.05, 0) is 47.1 Å². The third-order valence-electron chi connectivity index (χ3n) is 2.92. The van der Waals surface area contributed by atoms with Crippen LogP contribution in [0.4, 0.5) is 0 Å². The van der Waals surface area contributed by atoms with Gasteiger partial charge in [0.15, 0.2) is 16.1 Å². The van der Waals surface area contributed by atoms with Crippen LogP contribution in [0.15, 0.2) is 56.2 Å². The summed E-state index contributed by atoms with van der Waals surface area (Å²) in [6, 6.07) is 10.8. The zero-order valence-electron chi connectivity index (χ0n) is 11.7. The fourth-order valence-corrected chi connectivity index (χ4v) is 2.28. The van der Waals surface area contributed by atoms with E-state index in [0.717, 1.165) is 5.56 Å². The molecule has 112 valence electrons. The van der Waals surface area contributed by atoms with Crippen LogP contribution >= 0.6 is 15.9 Å². The number of esters is 1. The van der Waals surface area contributed by atoms with Gasteiger partial charge in [0.2, 0.25) is 0 Å². The molecule has 0 unspecified atom stereocenters. The highest BCUT2D eigenvalue weighted by Crippen LogP contribution is 2.25. The fraction of sp³-hybridized carbons (Fsp3) is 0.125. The Morgan fingerprint density at radius 3 is 2.82 bits per heavy atom. The Morgan fingerprint density at radius 1 is 1.27 bits per heavy atom. The van der Waals surface area contributed by atoms with Crippen LogP contribution < -0.4 is 4.74 Å². The Bertz CT molecular complexity index is 776. The molecule has 0 N–H and O–H groups in total. The lowest BCUT2D eigenvalue weighted by molar-refractivity contribution is -0.130. The monoisotopic (exact) mass is 361 g/mol. The zero-order valence-corrected chi connectivity index (χ0v) is 13.3. The first-order valence-electron chi connectivity index (χ1n) is 6.67. The van der Waals surface area contributed by atoms with E-state index in [1.54, 1.807) is 18.2 Å². The molecule has 1 aliphatic rings. The van der Waals surface area contributed by atoms with E-state index >= 15 is 0 Å². The normalized spacial score (nSPS) is 15.8. The Balaban J connectivity index is 1.94. The summed E-state index contributed by atoms with van der Waals surface area (Å²) in [5.74, 6) is 0.709.